The van der Waals surface area contributed by atoms with Crippen LogP contribution in [0.1, 0.15) is 36.5 Å². The highest BCUT2D eigenvalue weighted by Crippen LogP contribution is 2.22. The van der Waals surface area contributed by atoms with Gasteiger partial charge in [0.2, 0.25) is 17.6 Å². The average Bonchev–Trinajstić information content (AvgIpc) is 3.30. The summed E-state index contributed by atoms with van der Waals surface area (Å²) in [5.74, 6) is 1.68. The summed E-state index contributed by atoms with van der Waals surface area (Å²) >= 11 is 0. The molecule has 142 valence electrons. The highest BCUT2D eigenvalue weighted by molar-refractivity contribution is 5.79. The molecule has 7 nitrogen and oxygen atoms in total. The van der Waals surface area contributed by atoms with E-state index < -0.39 is 0 Å². The maximum atomic E-state index is 12.6. The zero-order chi connectivity index (χ0) is 19.5. The first kappa shape index (κ1) is 17.9. The van der Waals surface area contributed by atoms with E-state index in [4.69, 9.17) is 4.42 Å². The summed E-state index contributed by atoms with van der Waals surface area (Å²) in [6.45, 7) is 3.84. The lowest BCUT2D eigenvalue weighted by atomic mass is 10.1. The largest absolute Gasteiger partial charge is 0.441 e. The van der Waals surface area contributed by atoms with Crippen LogP contribution in [0.15, 0.2) is 59.4 Å². The van der Waals surface area contributed by atoms with Crippen molar-refractivity contribution in [1.29, 1.82) is 0 Å². The lowest BCUT2D eigenvalue weighted by Crippen LogP contribution is -2.30. The molecule has 28 heavy (non-hydrogen) atoms. The number of aryl methyl sites for hydroxylation is 1. The second-order valence-corrected chi connectivity index (χ2v) is 6.59. The second-order valence-electron chi connectivity index (χ2n) is 6.59. The minimum atomic E-state index is -0.185. The molecule has 0 aliphatic rings. The molecular formula is C21H21N5O2. The van der Waals surface area contributed by atoms with Crippen LogP contribution >= 0.6 is 0 Å². The Morgan fingerprint density at radius 1 is 1.21 bits per heavy atom. The van der Waals surface area contributed by atoms with Crippen LogP contribution in [0.4, 0.5) is 0 Å². The van der Waals surface area contributed by atoms with Gasteiger partial charge in [-0.05, 0) is 31.5 Å². The van der Waals surface area contributed by atoms with Crippen molar-refractivity contribution in [2.75, 3.05) is 0 Å². The molecule has 0 saturated heterocycles. The summed E-state index contributed by atoms with van der Waals surface area (Å²) in [4.78, 5) is 25.9. The Morgan fingerprint density at radius 3 is 2.79 bits per heavy atom. The summed E-state index contributed by atoms with van der Waals surface area (Å²) in [5, 5.41) is 3.04. The molecule has 0 aliphatic carbocycles. The molecule has 0 bridgehead atoms. The van der Waals surface area contributed by atoms with Crippen LogP contribution in [0.5, 0.6) is 0 Å². The Balaban J connectivity index is 1.48. The number of hydrogen-bond donors (Lipinski definition) is 1. The Morgan fingerprint density at radius 2 is 2.04 bits per heavy atom. The fourth-order valence-corrected chi connectivity index (χ4v) is 3.10. The molecule has 7 heteroatoms. The average molecular weight is 375 g/mol. The molecule has 4 aromatic rings. The Kier molecular flexibility index (Phi) is 4.89. The van der Waals surface area contributed by atoms with Gasteiger partial charge in [0.15, 0.2) is 0 Å². The van der Waals surface area contributed by atoms with Crippen molar-refractivity contribution in [3.63, 3.8) is 0 Å². The van der Waals surface area contributed by atoms with Gasteiger partial charge < -0.3 is 9.73 Å². The molecule has 3 aromatic heterocycles. The molecule has 1 N–H and O–H groups in total. The van der Waals surface area contributed by atoms with Crippen molar-refractivity contribution in [2.45, 2.75) is 32.7 Å². The number of amides is 1. The van der Waals surface area contributed by atoms with Crippen molar-refractivity contribution < 1.29 is 9.21 Å². The molecule has 3 heterocycles. The monoisotopic (exact) mass is 375 g/mol. The van der Waals surface area contributed by atoms with Crippen molar-refractivity contribution in [3.8, 4) is 11.5 Å². The third-order valence-electron chi connectivity index (χ3n) is 4.60. The van der Waals surface area contributed by atoms with E-state index in [1.54, 1.807) is 6.20 Å². The van der Waals surface area contributed by atoms with Gasteiger partial charge in [-0.3, -0.25) is 9.20 Å². The normalized spacial score (nSPS) is 12.2. The topological polar surface area (TPSA) is 85.3 Å². The highest BCUT2D eigenvalue weighted by atomic mass is 16.4. The molecule has 0 fully saturated rings. The first-order chi connectivity index (χ1) is 13.6. The van der Waals surface area contributed by atoms with Gasteiger partial charge in [0.05, 0.1) is 23.9 Å². The Hall–Kier alpha value is -3.48. The first-order valence-electron chi connectivity index (χ1n) is 9.24. The smallest absolute Gasteiger partial charge is 0.233 e. The molecule has 1 atom stereocenters. The molecule has 1 amide bonds. The summed E-state index contributed by atoms with van der Waals surface area (Å²) in [6, 6.07) is 11.3. The van der Waals surface area contributed by atoms with E-state index in [1.807, 2.05) is 67.0 Å². The van der Waals surface area contributed by atoms with Crippen LogP contribution < -0.4 is 5.32 Å². The van der Waals surface area contributed by atoms with Gasteiger partial charge in [-0.2, -0.15) is 0 Å². The number of fused-ring (bicyclic) bond motifs is 1. The number of nitrogens with zero attached hydrogens (tertiary/aromatic N) is 4. The number of aromatic nitrogens is 4. The van der Waals surface area contributed by atoms with Gasteiger partial charge in [0.1, 0.15) is 5.76 Å². The lowest BCUT2D eigenvalue weighted by molar-refractivity contribution is -0.121. The molecule has 0 radical (unpaired) electrons. The van der Waals surface area contributed by atoms with E-state index in [2.05, 4.69) is 20.3 Å². The minimum Gasteiger partial charge on any atom is -0.441 e. The van der Waals surface area contributed by atoms with Crippen LogP contribution in [0.3, 0.4) is 0 Å². The van der Waals surface area contributed by atoms with Crippen LogP contribution in [0.25, 0.3) is 17.2 Å². The van der Waals surface area contributed by atoms with Gasteiger partial charge in [0, 0.05) is 24.2 Å². The molecule has 1 aromatic carbocycles. The number of rotatable bonds is 6. The number of hydrogen-bond acceptors (Lipinski definition) is 5. The molecule has 0 aliphatic heterocycles. The van der Waals surface area contributed by atoms with Crippen molar-refractivity contribution in [3.05, 3.63) is 72.1 Å². The third kappa shape index (κ3) is 3.64. The van der Waals surface area contributed by atoms with Crippen molar-refractivity contribution in [2.24, 2.45) is 0 Å². The van der Waals surface area contributed by atoms with Crippen molar-refractivity contribution in [1.82, 2.24) is 24.7 Å². The number of carbonyl (C=O) groups is 1. The molecule has 4 rings (SSSR count). The predicted octanol–water partition coefficient (Wildman–Crippen LogP) is 3.50. The number of carbonyl (C=O) groups excluding carboxylic acids is 1. The zero-order valence-electron chi connectivity index (χ0n) is 15.8. The molecular weight excluding hydrogens is 354 g/mol. The van der Waals surface area contributed by atoms with E-state index in [0.717, 1.165) is 17.7 Å². The number of nitrogens with one attached hydrogen (secondary N) is 1. The van der Waals surface area contributed by atoms with Gasteiger partial charge in [0.25, 0.3) is 0 Å². The quantitative estimate of drug-likeness (QED) is 0.557. The second kappa shape index (κ2) is 7.64. The standard InChI is InChI=1S/C21H21N5O2/c1-3-16(18-13-26-11-7-10-22-21(26)25-18)23-19(27)12-17-14(2)28-20(24-17)15-8-5-4-6-9-15/h4-11,13,16H,3,12H2,1-2H3,(H,23,27)/t16-/m0/s1. The molecule has 0 unspecified atom stereocenters. The molecule has 0 spiro atoms. The van der Waals surface area contributed by atoms with Gasteiger partial charge >= 0.3 is 0 Å². The van der Waals surface area contributed by atoms with Gasteiger partial charge in [-0.15, -0.1) is 0 Å². The number of oxazole rings is 1. The maximum Gasteiger partial charge on any atom is 0.233 e. The fraction of sp³-hybridized carbons (Fsp3) is 0.238. The van der Waals surface area contributed by atoms with Crippen LogP contribution in [0, 0.1) is 6.92 Å². The first-order valence-corrected chi connectivity index (χ1v) is 9.24. The summed E-state index contributed by atoms with van der Waals surface area (Å²) in [7, 11) is 0. The number of imidazole rings is 1. The van der Waals surface area contributed by atoms with E-state index in [-0.39, 0.29) is 18.4 Å². The lowest BCUT2D eigenvalue weighted by Gasteiger charge is -2.14. The maximum absolute atomic E-state index is 12.6. The third-order valence-corrected chi connectivity index (χ3v) is 4.60. The van der Waals surface area contributed by atoms with Crippen LogP contribution in [-0.2, 0) is 11.2 Å². The fourth-order valence-electron chi connectivity index (χ4n) is 3.10. The SMILES string of the molecule is CC[C@H](NC(=O)Cc1nc(-c2ccccc2)oc1C)c1cn2cccnc2n1. The molecule has 0 saturated carbocycles. The zero-order valence-corrected chi connectivity index (χ0v) is 15.8. The summed E-state index contributed by atoms with van der Waals surface area (Å²) < 4.78 is 7.59. The number of benzene rings is 1. The predicted molar refractivity (Wildman–Crippen MR) is 105 cm³/mol. The van der Waals surface area contributed by atoms with Gasteiger partial charge in [-0.1, -0.05) is 25.1 Å². The summed E-state index contributed by atoms with van der Waals surface area (Å²) in [5.41, 5.74) is 2.32. The van der Waals surface area contributed by atoms with Crippen molar-refractivity contribution >= 4 is 11.7 Å². The Bertz CT molecular complexity index is 1070. The minimum absolute atomic E-state index is 0.118. The van der Waals surface area contributed by atoms with Crippen LogP contribution in [0.2, 0.25) is 0 Å². The van der Waals surface area contributed by atoms with E-state index in [1.165, 1.54) is 0 Å². The summed E-state index contributed by atoms with van der Waals surface area (Å²) in [6.07, 6.45) is 6.36. The van der Waals surface area contributed by atoms with Gasteiger partial charge in [-0.25, -0.2) is 15.0 Å². The highest BCUT2D eigenvalue weighted by Gasteiger charge is 2.19. The van der Waals surface area contributed by atoms with E-state index in [9.17, 15) is 4.79 Å². The van der Waals surface area contributed by atoms with E-state index in [0.29, 0.717) is 23.1 Å². The van der Waals surface area contributed by atoms with E-state index >= 15 is 0 Å². The Labute approximate surface area is 162 Å². The van der Waals surface area contributed by atoms with Crippen LogP contribution in [-0.4, -0.2) is 25.3 Å².